The molecule has 0 bridgehead atoms. The second-order valence-corrected chi connectivity index (χ2v) is 5.48. The van der Waals surface area contributed by atoms with E-state index in [0.29, 0.717) is 5.92 Å². The van der Waals surface area contributed by atoms with Crippen molar-refractivity contribution in [2.45, 2.75) is 33.3 Å². The Bertz CT molecular complexity index is 171. The fourth-order valence-corrected chi connectivity index (χ4v) is 1.91. The molecule has 1 saturated heterocycles. The van der Waals surface area contributed by atoms with Crippen LogP contribution in [0.4, 0.5) is 0 Å². The Labute approximate surface area is 93.5 Å². The van der Waals surface area contributed by atoms with E-state index in [2.05, 4.69) is 26.1 Å². The topological polar surface area (TPSA) is 30.5 Å². The van der Waals surface area contributed by atoms with E-state index in [1.165, 1.54) is 6.42 Å². The molecule has 0 saturated carbocycles. The fraction of sp³-hybridized carbons (Fsp3) is 1.00. The summed E-state index contributed by atoms with van der Waals surface area (Å²) >= 11 is 0. The van der Waals surface area contributed by atoms with Gasteiger partial charge in [0.05, 0.1) is 12.7 Å². The van der Waals surface area contributed by atoms with Gasteiger partial charge in [0.1, 0.15) is 0 Å². The highest BCUT2D eigenvalue weighted by Crippen LogP contribution is 2.21. The minimum absolute atomic E-state index is 0.202. The highest BCUT2D eigenvalue weighted by molar-refractivity contribution is 4.77. The highest BCUT2D eigenvalue weighted by Gasteiger charge is 2.24. The Balaban J connectivity index is 2.16. The SMILES string of the molecule is COC(CNCC1CCOC1)C(C)(C)C. The lowest BCUT2D eigenvalue weighted by atomic mass is 9.89. The summed E-state index contributed by atoms with van der Waals surface area (Å²) in [5.41, 5.74) is 0.202. The fourth-order valence-electron chi connectivity index (χ4n) is 1.91. The van der Waals surface area contributed by atoms with Crippen LogP contribution in [-0.4, -0.2) is 39.5 Å². The minimum Gasteiger partial charge on any atom is -0.381 e. The Morgan fingerprint density at radius 1 is 1.47 bits per heavy atom. The highest BCUT2D eigenvalue weighted by atomic mass is 16.5. The molecule has 1 aliphatic rings. The van der Waals surface area contributed by atoms with Gasteiger partial charge in [0.25, 0.3) is 0 Å². The second-order valence-electron chi connectivity index (χ2n) is 5.48. The summed E-state index contributed by atoms with van der Waals surface area (Å²) in [6.07, 6.45) is 1.47. The first-order valence-corrected chi connectivity index (χ1v) is 5.85. The smallest absolute Gasteiger partial charge is 0.0743 e. The van der Waals surface area contributed by atoms with Gasteiger partial charge in [-0.2, -0.15) is 0 Å². The summed E-state index contributed by atoms with van der Waals surface area (Å²) < 4.78 is 10.8. The van der Waals surface area contributed by atoms with Crippen LogP contribution in [0.5, 0.6) is 0 Å². The molecular weight excluding hydrogens is 190 g/mol. The summed E-state index contributed by atoms with van der Waals surface area (Å²) in [5, 5.41) is 3.48. The van der Waals surface area contributed by atoms with E-state index in [9.17, 15) is 0 Å². The summed E-state index contributed by atoms with van der Waals surface area (Å²) in [6, 6.07) is 0. The van der Waals surface area contributed by atoms with Crippen LogP contribution in [-0.2, 0) is 9.47 Å². The molecule has 0 aliphatic carbocycles. The molecule has 2 atom stereocenters. The molecule has 0 aromatic rings. The molecule has 0 aromatic carbocycles. The van der Waals surface area contributed by atoms with Gasteiger partial charge in [-0.3, -0.25) is 0 Å². The molecule has 1 aliphatic heterocycles. The van der Waals surface area contributed by atoms with Crippen molar-refractivity contribution in [2.75, 3.05) is 33.4 Å². The first-order chi connectivity index (χ1) is 7.04. The van der Waals surface area contributed by atoms with Crippen molar-refractivity contribution in [3.63, 3.8) is 0 Å². The Kier molecular flexibility index (Phi) is 5.03. The van der Waals surface area contributed by atoms with Crippen LogP contribution in [0, 0.1) is 11.3 Å². The third-order valence-corrected chi connectivity index (χ3v) is 3.04. The number of hydrogen-bond donors (Lipinski definition) is 1. The van der Waals surface area contributed by atoms with Crippen molar-refractivity contribution >= 4 is 0 Å². The summed E-state index contributed by atoms with van der Waals surface area (Å²) in [4.78, 5) is 0. The van der Waals surface area contributed by atoms with Crippen molar-refractivity contribution in [3.05, 3.63) is 0 Å². The Hall–Kier alpha value is -0.120. The molecule has 1 heterocycles. The molecule has 15 heavy (non-hydrogen) atoms. The van der Waals surface area contributed by atoms with Gasteiger partial charge in [-0.25, -0.2) is 0 Å². The number of ether oxygens (including phenoxy) is 2. The standard InChI is InChI=1S/C12H25NO2/c1-12(2,3)11(14-4)8-13-7-10-5-6-15-9-10/h10-11,13H,5-9H2,1-4H3. The van der Waals surface area contributed by atoms with Crippen molar-refractivity contribution in [1.29, 1.82) is 0 Å². The largest absolute Gasteiger partial charge is 0.381 e. The lowest BCUT2D eigenvalue weighted by molar-refractivity contribution is 0.0169. The quantitative estimate of drug-likeness (QED) is 0.757. The van der Waals surface area contributed by atoms with E-state index in [4.69, 9.17) is 9.47 Å². The molecule has 1 rings (SSSR count). The van der Waals surface area contributed by atoms with Gasteiger partial charge in [0, 0.05) is 26.8 Å². The molecule has 2 unspecified atom stereocenters. The Morgan fingerprint density at radius 3 is 2.67 bits per heavy atom. The van der Waals surface area contributed by atoms with Crippen molar-refractivity contribution in [1.82, 2.24) is 5.32 Å². The predicted molar refractivity (Wildman–Crippen MR) is 62.0 cm³/mol. The van der Waals surface area contributed by atoms with Gasteiger partial charge in [0.15, 0.2) is 0 Å². The van der Waals surface area contributed by atoms with Crippen LogP contribution in [0.1, 0.15) is 27.2 Å². The third kappa shape index (κ3) is 4.49. The van der Waals surface area contributed by atoms with Gasteiger partial charge in [0.2, 0.25) is 0 Å². The molecular formula is C12H25NO2. The van der Waals surface area contributed by atoms with E-state index >= 15 is 0 Å². The maximum atomic E-state index is 5.49. The predicted octanol–water partition coefficient (Wildman–Crippen LogP) is 1.67. The van der Waals surface area contributed by atoms with Gasteiger partial charge < -0.3 is 14.8 Å². The minimum atomic E-state index is 0.202. The van der Waals surface area contributed by atoms with Gasteiger partial charge in [-0.15, -0.1) is 0 Å². The summed E-state index contributed by atoms with van der Waals surface area (Å²) in [7, 11) is 1.79. The van der Waals surface area contributed by atoms with Gasteiger partial charge in [-0.1, -0.05) is 20.8 Å². The van der Waals surface area contributed by atoms with Crippen LogP contribution in [0.15, 0.2) is 0 Å². The number of methoxy groups -OCH3 is 1. The Morgan fingerprint density at radius 2 is 2.20 bits per heavy atom. The van der Waals surface area contributed by atoms with Crippen LogP contribution in [0.3, 0.4) is 0 Å². The average molecular weight is 215 g/mol. The lowest BCUT2D eigenvalue weighted by Gasteiger charge is -2.29. The van der Waals surface area contributed by atoms with Gasteiger partial charge >= 0.3 is 0 Å². The zero-order valence-electron chi connectivity index (χ0n) is 10.5. The maximum Gasteiger partial charge on any atom is 0.0743 e. The van der Waals surface area contributed by atoms with Crippen LogP contribution in [0.2, 0.25) is 0 Å². The molecule has 0 spiro atoms. The molecule has 3 heteroatoms. The van der Waals surface area contributed by atoms with Gasteiger partial charge in [-0.05, 0) is 17.8 Å². The van der Waals surface area contributed by atoms with E-state index in [1.807, 2.05) is 0 Å². The molecule has 90 valence electrons. The molecule has 0 aromatic heterocycles. The van der Waals surface area contributed by atoms with Crippen molar-refractivity contribution in [2.24, 2.45) is 11.3 Å². The average Bonchev–Trinajstić information content (AvgIpc) is 2.62. The van der Waals surface area contributed by atoms with E-state index < -0.39 is 0 Å². The lowest BCUT2D eigenvalue weighted by Crippen LogP contribution is -2.39. The van der Waals surface area contributed by atoms with Crippen molar-refractivity contribution < 1.29 is 9.47 Å². The zero-order valence-corrected chi connectivity index (χ0v) is 10.5. The molecule has 0 radical (unpaired) electrons. The summed E-state index contributed by atoms with van der Waals surface area (Å²) in [6.45, 7) is 10.5. The first kappa shape index (κ1) is 12.9. The van der Waals surface area contributed by atoms with E-state index in [1.54, 1.807) is 7.11 Å². The third-order valence-electron chi connectivity index (χ3n) is 3.04. The molecule has 1 N–H and O–H groups in total. The number of hydrogen-bond acceptors (Lipinski definition) is 3. The van der Waals surface area contributed by atoms with Crippen LogP contribution < -0.4 is 5.32 Å². The number of nitrogens with one attached hydrogen (secondary N) is 1. The van der Waals surface area contributed by atoms with E-state index in [-0.39, 0.29) is 11.5 Å². The maximum absolute atomic E-state index is 5.49. The van der Waals surface area contributed by atoms with E-state index in [0.717, 1.165) is 26.3 Å². The molecule has 1 fully saturated rings. The summed E-state index contributed by atoms with van der Waals surface area (Å²) in [5.74, 6) is 0.697. The molecule has 3 nitrogen and oxygen atoms in total. The molecule has 0 amide bonds. The zero-order chi connectivity index (χ0) is 11.3. The van der Waals surface area contributed by atoms with Crippen LogP contribution >= 0.6 is 0 Å². The second kappa shape index (κ2) is 5.83. The number of rotatable bonds is 5. The van der Waals surface area contributed by atoms with Crippen molar-refractivity contribution in [3.8, 4) is 0 Å². The first-order valence-electron chi connectivity index (χ1n) is 5.85. The van der Waals surface area contributed by atoms with Crippen LogP contribution in [0.25, 0.3) is 0 Å². The normalized spacial score (nSPS) is 24.4. The monoisotopic (exact) mass is 215 g/mol.